The van der Waals surface area contributed by atoms with Crippen molar-refractivity contribution in [1.29, 1.82) is 0 Å². The van der Waals surface area contributed by atoms with Crippen molar-refractivity contribution in [3.8, 4) is 0 Å². The third kappa shape index (κ3) is 13.8. The van der Waals surface area contributed by atoms with Crippen molar-refractivity contribution in [2.24, 2.45) is 0 Å². The quantitative estimate of drug-likeness (QED) is 0.236. The van der Waals surface area contributed by atoms with Crippen LogP contribution >= 0.6 is 0 Å². The minimum Gasteiger partial charge on any atom is -0.428 e. The normalized spacial score (nSPS) is 22.1. The van der Waals surface area contributed by atoms with E-state index in [1.807, 2.05) is 0 Å². The molecule has 0 spiro atoms. The van der Waals surface area contributed by atoms with Gasteiger partial charge in [0.1, 0.15) is 12.2 Å². The second-order valence-corrected chi connectivity index (χ2v) is 9.67. The van der Waals surface area contributed by atoms with Crippen LogP contribution in [0.1, 0.15) is 141 Å². The lowest BCUT2D eigenvalue weighted by atomic mass is 9.99. The molecule has 0 bridgehead atoms. The van der Waals surface area contributed by atoms with E-state index in [4.69, 9.17) is 9.47 Å². The van der Waals surface area contributed by atoms with Crippen LogP contribution in [0.5, 0.6) is 0 Å². The number of ether oxygens (including phenoxy) is 2. The molecule has 0 radical (unpaired) electrons. The molecular weight excluding hydrogens is 408 g/mol. The van der Waals surface area contributed by atoms with Crippen LogP contribution in [-0.2, 0) is 19.2 Å². The van der Waals surface area contributed by atoms with E-state index in [2.05, 4.69) is 9.78 Å². The fourth-order valence-electron chi connectivity index (χ4n) is 4.87. The van der Waals surface area contributed by atoms with E-state index >= 15 is 0 Å². The van der Waals surface area contributed by atoms with Gasteiger partial charge in [0.15, 0.2) is 0 Å². The maximum Gasteiger partial charge on any atom is 0.550 e. The first-order valence-corrected chi connectivity index (χ1v) is 13.5. The Labute approximate surface area is 195 Å². The van der Waals surface area contributed by atoms with E-state index in [-0.39, 0.29) is 12.2 Å². The van der Waals surface area contributed by atoms with Crippen LogP contribution < -0.4 is 0 Å². The molecule has 0 aromatic rings. The zero-order valence-corrected chi connectivity index (χ0v) is 20.2. The molecule has 0 unspecified atom stereocenters. The van der Waals surface area contributed by atoms with E-state index in [9.17, 15) is 9.59 Å². The van der Waals surface area contributed by atoms with Crippen molar-refractivity contribution in [3.63, 3.8) is 0 Å². The maximum absolute atomic E-state index is 12.1. The average Bonchev–Trinajstić information content (AvgIpc) is 2.76. The highest BCUT2D eigenvalue weighted by atomic mass is 17.3. The second-order valence-electron chi connectivity index (χ2n) is 9.67. The van der Waals surface area contributed by atoms with E-state index in [1.165, 1.54) is 89.9 Å². The van der Waals surface area contributed by atoms with E-state index in [0.717, 1.165) is 51.4 Å². The standard InChI is InChI=1S/C26H46O6/c27-25(29-23-19-15-11-7-3-1-4-8-12-16-20-23)31-32-26(28)30-24-21-17-13-9-5-2-6-10-14-18-22-24/h23-24H,1-22H2. The first-order chi connectivity index (χ1) is 15.7. The Bertz CT molecular complexity index is 427. The summed E-state index contributed by atoms with van der Waals surface area (Å²) in [6.07, 6.45) is 22.8. The largest absolute Gasteiger partial charge is 0.550 e. The molecule has 186 valence electrons. The van der Waals surface area contributed by atoms with Crippen LogP contribution in [0.3, 0.4) is 0 Å². The summed E-state index contributed by atoms with van der Waals surface area (Å²) < 4.78 is 10.9. The lowest BCUT2D eigenvalue weighted by Crippen LogP contribution is -2.23. The molecule has 2 aliphatic carbocycles. The summed E-state index contributed by atoms with van der Waals surface area (Å²) >= 11 is 0. The van der Waals surface area contributed by atoms with Crippen molar-refractivity contribution in [3.05, 3.63) is 0 Å². The van der Waals surface area contributed by atoms with Gasteiger partial charge in [0, 0.05) is 0 Å². The molecule has 6 nitrogen and oxygen atoms in total. The Kier molecular flexibility index (Phi) is 15.1. The lowest BCUT2D eigenvalue weighted by molar-refractivity contribution is -0.225. The second kappa shape index (κ2) is 18.0. The molecule has 2 saturated carbocycles. The van der Waals surface area contributed by atoms with Crippen LogP contribution in [-0.4, -0.2) is 24.5 Å². The third-order valence-corrected chi connectivity index (χ3v) is 6.81. The summed E-state index contributed by atoms with van der Waals surface area (Å²) in [6.45, 7) is 0. The Morgan fingerprint density at radius 1 is 0.375 bits per heavy atom. The monoisotopic (exact) mass is 454 g/mol. The smallest absolute Gasteiger partial charge is 0.428 e. The topological polar surface area (TPSA) is 71.1 Å². The minimum absolute atomic E-state index is 0.173. The molecule has 0 heterocycles. The molecule has 2 rings (SSSR count). The minimum atomic E-state index is -0.947. The summed E-state index contributed by atoms with van der Waals surface area (Å²) in [7, 11) is 0. The Hall–Kier alpha value is -1.46. The summed E-state index contributed by atoms with van der Waals surface area (Å²) in [5.41, 5.74) is 0. The molecule has 0 saturated heterocycles. The van der Waals surface area contributed by atoms with Crippen molar-refractivity contribution >= 4 is 12.3 Å². The molecule has 0 aromatic heterocycles. The van der Waals surface area contributed by atoms with Crippen LogP contribution in [0.2, 0.25) is 0 Å². The number of carbonyl (C=O) groups is 2. The summed E-state index contributed by atoms with van der Waals surface area (Å²) in [5, 5.41) is 0. The highest BCUT2D eigenvalue weighted by Gasteiger charge is 2.21. The predicted octanol–water partition coefficient (Wildman–Crippen LogP) is 8.55. The molecular formula is C26H46O6. The Morgan fingerprint density at radius 3 is 0.844 bits per heavy atom. The molecule has 0 N–H and O–H groups in total. The number of hydrogen-bond donors (Lipinski definition) is 0. The molecule has 2 fully saturated rings. The van der Waals surface area contributed by atoms with Gasteiger partial charge in [-0.1, -0.05) is 89.9 Å². The van der Waals surface area contributed by atoms with Gasteiger partial charge in [-0.3, -0.25) is 0 Å². The fourth-order valence-corrected chi connectivity index (χ4v) is 4.87. The van der Waals surface area contributed by atoms with Gasteiger partial charge in [-0.15, -0.1) is 0 Å². The fraction of sp³-hybridized carbons (Fsp3) is 0.923. The first-order valence-electron chi connectivity index (χ1n) is 13.5. The molecule has 32 heavy (non-hydrogen) atoms. The molecule has 0 aliphatic heterocycles. The molecule has 6 heteroatoms. The lowest BCUT2D eigenvalue weighted by Gasteiger charge is -2.19. The van der Waals surface area contributed by atoms with E-state index < -0.39 is 12.3 Å². The zero-order valence-electron chi connectivity index (χ0n) is 20.2. The van der Waals surface area contributed by atoms with Crippen LogP contribution in [0, 0.1) is 0 Å². The van der Waals surface area contributed by atoms with Crippen LogP contribution in [0.4, 0.5) is 9.59 Å². The van der Waals surface area contributed by atoms with Gasteiger partial charge in [-0.2, -0.15) is 19.4 Å². The van der Waals surface area contributed by atoms with Gasteiger partial charge in [0.25, 0.3) is 0 Å². The molecule has 0 atom stereocenters. The highest BCUT2D eigenvalue weighted by Crippen LogP contribution is 2.21. The van der Waals surface area contributed by atoms with Gasteiger partial charge < -0.3 is 9.47 Å². The van der Waals surface area contributed by atoms with Gasteiger partial charge in [-0.05, 0) is 51.4 Å². The SMILES string of the molecule is O=C(OOC(=O)OC1CCCCCCCCCCC1)OC1CCCCCCCCCCC1. The number of rotatable bonds is 2. The zero-order chi connectivity index (χ0) is 22.7. The van der Waals surface area contributed by atoms with Crippen LogP contribution in [0.15, 0.2) is 0 Å². The average molecular weight is 455 g/mol. The summed E-state index contributed by atoms with van der Waals surface area (Å²) in [6, 6.07) is 0. The number of hydrogen-bond acceptors (Lipinski definition) is 6. The molecule has 0 amide bonds. The molecule has 0 aromatic carbocycles. The Morgan fingerprint density at radius 2 is 0.594 bits per heavy atom. The number of carbonyl (C=O) groups excluding carboxylic acids is 2. The van der Waals surface area contributed by atoms with Crippen molar-refractivity contribution in [2.75, 3.05) is 0 Å². The van der Waals surface area contributed by atoms with Gasteiger partial charge >= 0.3 is 12.3 Å². The van der Waals surface area contributed by atoms with Crippen LogP contribution in [0.25, 0.3) is 0 Å². The van der Waals surface area contributed by atoms with Gasteiger partial charge in [0.2, 0.25) is 0 Å². The van der Waals surface area contributed by atoms with Crippen molar-refractivity contribution in [2.45, 2.75) is 153 Å². The van der Waals surface area contributed by atoms with Gasteiger partial charge in [0.05, 0.1) is 0 Å². The van der Waals surface area contributed by atoms with Crippen molar-refractivity contribution in [1.82, 2.24) is 0 Å². The summed E-state index contributed by atoms with van der Waals surface area (Å²) in [4.78, 5) is 33.4. The third-order valence-electron chi connectivity index (χ3n) is 6.81. The molecule has 2 aliphatic rings. The van der Waals surface area contributed by atoms with Crippen molar-refractivity contribution < 1.29 is 28.8 Å². The highest BCUT2D eigenvalue weighted by molar-refractivity contribution is 5.63. The van der Waals surface area contributed by atoms with Gasteiger partial charge in [-0.25, -0.2) is 0 Å². The first kappa shape index (κ1) is 26.8. The Balaban J connectivity index is 1.67. The predicted molar refractivity (Wildman–Crippen MR) is 124 cm³/mol. The summed E-state index contributed by atoms with van der Waals surface area (Å²) in [5.74, 6) is 0. The van der Waals surface area contributed by atoms with E-state index in [1.54, 1.807) is 0 Å². The van der Waals surface area contributed by atoms with E-state index in [0.29, 0.717) is 0 Å². The maximum atomic E-state index is 12.1.